The highest BCUT2D eigenvalue weighted by Gasteiger charge is 2.31. The first-order valence-corrected chi connectivity index (χ1v) is 5.89. The Hall–Kier alpha value is -0.690. The molecule has 6 nitrogen and oxygen atoms in total. The zero-order valence-electron chi connectivity index (χ0n) is 10.8. The third-order valence-electron chi connectivity index (χ3n) is 2.82. The van der Waals surface area contributed by atoms with E-state index >= 15 is 0 Å². The number of nitrogens with one attached hydrogen (secondary N) is 1. The van der Waals surface area contributed by atoms with Crippen LogP contribution in [0.15, 0.2) is 0 Å². The summed E-state index contributed by atoms with van der Waals surface area (Å²) in [5, 5.41) is 3.19. The largest absolute Gasteiger partial charge is 0.465 e. The molecule has 1 saturated heterocycles. The number of methoxy groups -OCH3 is 2. The van der Waals surface area contributed by atoms with Crippen LogP contribution in [-0.4, -0.2) is 70.2 Å². The van der Waals surface area contributed by atoms with E-state index in [1.165, 1.54) is 0 Å². The van der Waals surface area contributed by atoms with E-state index in [4.69, 9.17) is 14.2 Å². The minimum absolute atomic E-state index is 0.189. The Labute approximate surface area is 102 Å². The fourth-order valence-corrected chi connectivity index (χ4v) is 1.87. The third-order valence-corrected chi connectivity index (χ3v) is 2.82. The molecule has 1 atom stereocenters. The maximum absolute atomic E-state index is 11.8. The molecule has 0 radical (unpaired) electrons. The van der Waals surface area contributed by atoms with Crippen molar-refractivity contribution in [2.75, 3.05) is 47.0 Å². The molecule has 1 aliphatic rings. The molecule has 0 aromatic heterocycles. The standard InChI is InChI=1S/C11H22N2O4/c1-4-17-11(14)9-7-12-5-6-13(9)8-10(15-2)16-3/h9-10,12H,4-8H2,1-3H3. The second-order valence-corrected chi connectivity index (χ2v) is 3.87. The molecule has 1 unspecified atom stereocenters. The van der Waals surface area contributed by atoms with Crippen molar-refractivity contribution in [3.8, 4) is 0 Å². The van der Waals surface area contributed by atoms with Crippen molar-refractivity contribution in [2.24, 2.45) is 0 Å². The normalized spacial score (nSPS) is 21.8. The maximum atomic E-state index is 11.8. The quantitative estimate of drug-likeness (QED) is 0.501. The number of hydrogen-bond acceptors (Lipinski definition) is 6. The Bertz CT molecular complexity index is 234. The molecule has 0 amide bonds. The van der Waals surface area contributed by atoms with Crippen molar-refractivity contribution in [3.05, 3.63) is 0 Å². The van der Waals surface area contributed by atoms with E-state index in [-0.39, 0.29) is 18.3 Å². The average molecular weight is 246 g/mol. The molecule has 1 rings (SSSR count). The second kappa shape index (κ2) is 7.60. The Kier molecular flexibility index (Phi) is 6.43. The predicted octanol–water partition coefficient (Wildman–Crippen LogP) is -0.558. The highest BCUT2D eigenvalue weighted by atomic mass is 16.7. The molecule has 0 aliphatic carbocycles. The zero-order valence-corrected chi connectivity index (χ0v) is 10.8. The summed E-state index contributed by atoms with van der Waals surface area (Å²) in [4.78, 5) is 13.8. The number of piperazine rings is 1. The number of rotatable bonds is 6. The van der Waals surface area contributed by atoms with E-state index in [0.29, 0.717) is 19.7 Å². The van der Waals surface area contributed by atoms with Crippen LogP contribution in [0.1, 0.15) is 6.92 Å². The molecular formula is C11H22N2O4. The summed E-state index contributed by atoms with van der Waals surface area (Å²) >= 11 is 0. The Balaban J connectivity index is 2.55. The summed E-state index contributed by atoms with van der Waals surface area (Å²) in [6, 6.07) is -0.253. The van der Waals surface area contributed by atoms with Crippen molar-refractivity contribution in [1.82, 2.24) is 10.2 Å². The van der Waals surface area contributed by atoms with Gasteiger partial charge in [-0.2, -0.15) is 0 Å². The Morgan fingerprint density at radius 2 is 2.18 bits per heavy atom. The van der Waals surface area contributed by atoms with Gasteiger partial charge in [-0.25, -0.2) is 0 Å². The fraction of sp³-hybridized carbons (Fsp3) is 0.909. The van der Waals surface area contributed by atoms with E-state index < -0.39 is 0 Å². The molecule has 0 saturated carbocycles. The number of ether oxygens (including phenoxy) is 3. The molecule has 0 aromatic carbocycles. The molecule has 1 heterocycles. The maximum Gasteiger partial charge on any atom is 0.324 e. The van der Waals surface area contributed by atoms with Crippen molar-refractivity contribution >= 4 is 5.97 Å². The molecule has 17 heavy (non-hydrogen) atoms. The first-order chi connectivity index (χ1) is 8.22. The fourth-order valence-electron chi connectivity index (χ4n) is 1.87. The topological polar surface area (TPSA) is 60.0 Å². The van der Waals surface area contributed by atoms with E-state index in [1.54, 1.807) is 14.2 Å². The van der Waals surface area contributed by atoms with E-state index in [9.17, 15) is 4.79 Å². The molecule has 6 heteroatoms. The van der Waals surface area contributed by atoms with Crippen LogP contribution in [0.4, 0.5) is 0 Å². The number of esters is 1. The van der Waals surface area contributed by atoms with Crippen LogP contribution in [0.3, 0.4) is 0 Å². The van der Waals surface area contributed by atoms with Gasteiger partial charge in [0.25, 0.3) is 0 Å². The van der Waals surface area contributed by atoms with Gasteiger partial charge in [-0.05, 0) is 6.92 Å². The van der Waals surface area contributed by atoms with Gasteiger partial charge in [0, 0.05) is 33.9 Å². The summed E-state index contributed by atoms with van der Waals surface area (Å²) in [7, 11) is 3.19. The average Bonchev–Trinajstić information content (AvgIpc) is 2.36. The molecule has 1 fully saturated rings. The minimum atomic E-state index is -0.315. The first kappa shape index (κ1) is 14.4. The molecule has 0 spiro atoms. The molecule has 0 aromatic rings. The number of carbonyl (C=O) groups excluding carboxylic acids is 1. The van der Waals surface area contributed by atoms with Gasteiger partial charge >= 0.3 is 5.97 Å². The lowest BCUT2D eigenvalue weighted by Crippen LogP contribution is -2.57. The number of hydrogen-bond donors (Lipinski definition) is 1. The van der Waals surface area contributed by atoms with Crippen molar-refractivity contribution in [1.29, 1.82) is 0 Å². The highest BCUT2D eigenvalue weighted by molar-refractivity contribution is 5.76. The van der Waals surface area contributed by atoms with Gasteiger partial charge in [0.1, 0.15) is 6.04 Å². The Morgan fingerprint density at radius 3 is 2.76 bits per heavy atom. The monoisotopic (exact) mass is 246 g/mol. The lowest BCUT2D eigenvalue weighted by atomic mass is 10.2. The highest BCUT2D eigenvalue weighted by Crippen LogP contribution is 2.08. The third kappa shape index (κ3) is 4.23. The van der Waals surface area contributed by atoms with Gasteiger partial charge in [0.15, 0.2) is 6.29 Å². The van der Waals surface area contributed by atoms with Crippen LogP contribution in [0.25, 0.3) is 0 Å². The zero-order chi connectivity index (χ0) is 12.7. The van der Waals surface area contributed by atoms with Crippen LogP contribution < -0.4 is 5.32 Å². The van der Waals surface area contributed by atoms with Gasteiger partial charge in [0.2, 0.25) is 0 Å². The SMILES string of the molecule is CCOC(=O)C1CNCCN1CC(OC)OC. The van der Waals surface area contributed by atoms with Gasteiger partial charge in [0.05, 0.1) is 13.2 Å². The van der Waals surface area contributed by atoms with Gasteiger partial charge in [-0.1, -0.05) is 0 Å². The summed E-state index contributed by atoms with van der Waals surface area (Å²) in [5.41, 5.74) is 0. The lowest BCUT2D eigenvalue weighted by Gasteiger charge is -2.35. The first-order valence-electron chi connectivity index (χ1n) is 5.89. The number of nitrogens with zero attached hydrogens (tertiary/aromatic N) is 1. The summed E-state index contributed by atoms with van der Waals surface area (Å²) in [5.74, 6) is -0.189. The van der Waals surface area contributed by atoms with E-state index in [0.717, 1.165) is 13.1 Å². The minimum Gasteiger partial charge on any atom is -0.465 e. The Morgan fingerprint density at radius 1 is 1.47 bits per heavy atom. The lowest BCUT2D eigenvalue weighted by molar-refractivity contribution is -0.156. The number of carbonyl (C=O) groups is 1. The van der Waals surface area contributed by atoms with Crippen LogP contribution >= 0.6 is 0 Å². The van der Waals surface area contributed by atoms with Crippen LogP contribution in [-0.2, 0) is 19.0 Å². The molecular weight excluding hydrogens is 224 g/mol. The molecule has 100 valence electrons. The van der Waals surface area contributed by atoms with E-state index in [1.807, 2.05) is 11.8 Å². The smallest absolute Gasteiger partial charge is 0.324 e. The van der Waals surface area contributed by atoms with Crippen LogP contribution in [0, 0.1) is 0 Å². The second-order valence-electron chi connectivity index (χ2n) is 3.87. The predicted molar refractivity (Wildman–Crippen MR) is 62.7 cm³/mol. The molecule has 1 N–H and O–H groups in total. The van der Waals surface area contributed by atoms with E-state index in [2.05, 4.69) is 5.32 Å². The molecule has 0 bridgehead atoms. The summed E-state index contributed by atoms with van der Waals surface area (Å²) < 4.78 is 15.4. The van der Waals surface area contributed by atoms with Crippen molar-refractivity contribution < 1.29 is 19.0 Å². The van der Waals surface area contributed by atoms with Gasteiger partial charge < -0.3 is 19.5 Å². The van der Waals surface area contributed by atoms with Crippen LogP contribution in [0.5, 0.6) is 0 Å². The summed E-state index contributed by atoms with van der Waals surface area (Å²) in [6.45, 7) is 5.03. The van der Waals surface area contributed by atoms with Crippen LogP contribution in [0.2, 0.25) is 0 Å². The molecule has 1 aliphatic heterocycles. The van der Waals surface area contributed by atoms with Gasteiger partial charge in [-0.3, -0.25) is 9.69 Å². The van der Waals surface area contributed by atoms with Crippen molar-refractivity contribution in [2.45, 2.75) is 19.3 Å². The summed E-state index contributed by atoms with van der Waals surface area (Å²) in [6.07, 6.45) is -0.315. The van der Waals surface area contributed by atoms with Gasteiger partial charge in [-0.15, -0.1) is 0 Å². The van der Waals surface area contributed by atoms with Crippen molar-refractivity contribution in [3.63, 3.8) is 0 Å².